The van der Waals surface area contributed by atoms with Crippen molar-refractivity contribution < 1.29 is 19.1 Å². The van der Waals surface area contributed by atoms with Gasteiger partial charge in [0.1, 0.15) is 0 Å². The summed E-state index contributed by atoms with van der Waals surface area (Å²) in [6.45, 7) is 0. The Morgan fingerprint density at radius 2 is 1.61 bits per heavy atom. The molecule has 3 N–H and O–H groups in total. The number of carbonyl (C=O) groups is 3. The molecule has 1 aliphatic heterocycles. The molecule has 1 heterocycles. The third-order valence-electron chi connectivity index (χ3n) is 4.01. The zero-order valence-electron chi connectivity index (χ0n) is 15.2. The number of urea groups is 1. The number of hydrogen-bond donors (Lipinski definition) is 3. The number of anilines is 2. The van der Waals surface area contributed by atoms with Gasteiger partial charge in [0.05, 0.1) is 24.1 Å². The minimum atomic E-state index is -0.647. The monoisotopic (exact) mass is 397 g/mol. The Morgan fingerprint density at radius 3 is 2.32 bits per heavy atom. The van der Waals surface area contributed by atoms with Crippen molar-refractivity contribution in [1.29, 1.82) is 0 Å². The van der Waals surface area contributed by atoms with Crippen LogP contribution >= 0.6 is 11.8 Å². The molecule has 0 saturated carbocycles. The van der Waals surface area contributed by atoms with Crippen LogP contribution in [-0.2, 0) is 9.53 Å². The fourth-order valence-electron chi connectivity index (χ4n) is 2.63. The van der Waals surface area contributed by atoms with E-state index >= 15 is 0 Å². The molecular formula is C20H19N3O4S. The van der Waals surface area contributed by atoms with Crippen molar-refractivity contribution in [2.45, 2.75) is 0 Å². The highest BCUT2D eigenvalue weighted by Crippen LogP contribution is 2.29. The molecule has 0 atom stereocenters. The average molecular weight is 397 g/mol. The van der Waals surface area contributed by atoms with Crippen molar-refractivity contribution in [2.24, 2.45) is 0 Å². The second kappa shape index (κ2) is 9.09. The molecule has 0 spiro atoms. The lowest BCUT2D eigenvalue weighted by atomic mass is 10.2. The van der Waals surface area contributed by atoms with Crippen molar-refractivity contribution in [2.75, 3.05) is 29.2 Å². The molecule has 8 heteroatoms. The second-order valence-corrected chi connectivity index (χ2v) is 6.87. The largest absolute Gasteiger partial charge is 0.466 e. The summed E-state index contributed by atoms with van der Waals surface area (Å²) in [5.41, 5.74) is 2.80. The van der Waals surface area contributed by atoms with Crippen LogP contribution in [0.5, 0.6) is 0 Å². The summed E-state index contributed by atoms with van der Waals surface area (Å²) < 4.78 is 4.82. The molecule has 0 bridgehead atoms. The molecule has 0 unspecified atom stereocenters. The number of amides is 3. The number of ether oxygens (including phenoxy) is 1. The van der Waals surface area contributed by atoms with E-state index in [0.29, 0.717) is 34.0 Å². The summed E-state index contributed by atoms with van der Waals surface area (Å²) in [4.78, 5) is 36.2. The lowest BCUT2D eigenvalue weighted by Crippen LogP contribution is -2.34. The number of methoxy groups -OCH3 is 1. The van der Waals surface area contributed by atoms with Gasteiger partial charge in [-0.25, -0.2) is 9.59 Å². The maximum atomic E-state index is 12.2. The Labute approximate surface area is 166 Å². The number of carbonyl (C=O) groups excluding carboxylic acids is 3. The smallest absolute Gasteiger partial charge is 0.336 e. The first-order valence-electron chi connectivity index (χ1n) is 8.50. The highest BCUT2D eigenvalue weighted by molar-refractivity contribution is 8.00. The van der Waals surface area contributed by atoms with Gasteiger partial charge in [0.15, 0.2) is 0 Å². The molecule has 2 aromatic carbocycles. The van der Waals surface area contributed by atoms with Gasteiger partial charge in [-0.15, -0.1) is 0 Å². The molecule has 0 radical (unpaired) electrons. The molecule has 28 heavy (non-hydrogen) atoms. The highest BCUT2D eigenvalue weighted by atomic mass is 32.2. The molecule has 1 aliphatic rings. The van der Waals surface area contributed by atoms with E-state index in [-0.39, 0.29) is 5.97 Å². The summed E-state index contributed by atoms with van der Waals surface area (Å²) in [6, 6.07) is 14.9. The number of esters is 1. The van der Waals surface area contributed by atoms with Gasteiger partial charge in [0, 0.05) is 22.8 Å². The first-order chi connectivity index (χ1) is 13.6. The summed E-state index contributed by atoms with van der Waals surface area (Å²) >= 11 is 1.60. The van der Waals surface area contributed by atoms with Gasteiger partial charge in [-0.1, -0.05) is 30.3 Å². The highest BCUT2D eigenvalue weighted by Gasteiger charge is 2.23. The molecule has 7 nitrogen and oxygen atoms in total. The Hall–Kier alpha value is -3.26. The summed E-state index contributed by atoms with van der Waals surface area (Å²) in [6.07, 6.45) is 0. The average Bonchev–Trinajstić information content (AvgIpc) is 3.17. The standard InChI is InChI=1S/C20H19N3O4S/c1-27-19(25)14-11-28-12-17(14)21-15-9-5-6-10-16(15)22-20(26)23-18(24)13-7-3-2-4-8-13/h2-10,21H,11-12H2,1H3,(H2,22,23,24,26). The third-order valence-corrected chi connectivity index (χ3v) is 5.00. The molecule has 0 aliphatic carbocycles. The molecule has 0 saturated heterocycles. The molecule has 0 aromatic heterocycles. The van der Waals surface area contributed by atoms with E-state index < -0.39 is 11.9 Å². The topological polar surface area (TPSA) is 96.5 Å². The molecular weight excluding hydrogens is 378 g/mol. The Bertz CT molecular complexity index is 928. The minimum absolute atomic E-state index is 0.371. The first kappa shape index (κ1) is 19.5. The number of hydrogen-bond acceptors (Lipinski definition) is 6. The molecule has 0 fully saturated rings. The van der Waals surface area contributed by atoms with Gasteiger partial charge in [-0.3, -0.25) is 10.1 Å². The number of thioether (sulfide) groups is 1. The Morgan fingerprint density at radius 1 is 0.929 bits per heavy atom. The van der Waals surface area contributed by atoms with E-state index in [9.17, 15) is 14.4 Å². The molecule has 144 valence electrons. The Balaban J connectivity index is 1.71. The number of imide groups is 1. The van der Waals surface area contributed by atoms with E-state index in [4.69, 9.17) is 4.74 Å². The van der Waals surface area contributed by atoms with Crippen LogP contribution < -0.4 is 16.0 Å². The fraction of sp³-hybridized carbons (Fsp3) is 0.150. The van der Waals surface area contributed by atoms with Crippen LogP contribution in [-0.4, -0.2) is 36.5 Å². The van der Waals surface area contributed by atoms with E-state index in [1.165, 1.54) is 7.11 Å². The zero-order chi connectivity index (χ0) is 19.9. The van der Waals surface area contributed by atoms with Crippen molar-refractivity contribution in [3.8, 4) is 0 Å². The Kier molecular flexibility index (Phi) is 6.33. The van der Waals surface area contributed by atoms with Crippen LogP contribution in [0.3, 0.4) is 0 Å². The lowest BCUT2D eigenvalue weighted by molar-refractivity contribution is -0.136. The quantitative estimate of drug-likeness (QED) is 0.671. The van der Waals surface area contributed by atoms with E-state index in [0.717, 1.165) is 5.70 Å². The van der Waals surface area contributed by atoms with Crippen LogP contribution in [0, 0.1) is 0 Å². The SMILES string of the molecule is COC(=O)C1=C(Nc2ccccc2NC(=O)NC(=O)c2ccccc2)CSC1. The van der Waals surface area contributed by atoms with Crippen molar-refractivity contribution >= 4 is 41.0 Å². The van der Waals surface area contributed by atoms with Gasteiger partial charge < -0.3 is 15.4 Å². The fourth-order valence-corrected chi connectivity index (χ4v) is 3.68. The van der Waals surface area contributed by atoms with Gasteiger partial charge in [0.2, 0.25) is 0 Å². The van der Waals surface area contributed by atoms with Crippen LogP contribution in [0.15, 0.2) is 65.9 Å². The van der Waals surface area contributed by atoms with Crippen molar-refractivity contribution in [1.82, 2.24) is 5.32 Å². The molecule has 2 aromatic rings. The van der Waals surface area contributed by atoms with E-state index in [1.54, 1.807) is 66.4 Å². The normalized spacial score (nSPS) is 13.0. The summed E-state index contributed by atoms with van der Waals surface area (Å²) in [7, 11) is 1.35. The van der Waals surface area contributed by atoms with Crippen LogP contribution in [0.1, 0.15) is 10.4 Å². The maximum absolute atomic E-state index is 12.2. The first-order valence-corrected chi connectivity index (χ1v) is 9.65. The van der Waals surface area contributed by atoms with Crippen LogP contribution in [0.4, 0.5) is 16.2 Å². The minimum Gasteiger partial charge on any atom is -0.466 e. The predicted octanol–water partition coefficient (Wildman–Crippen LogP) is 3.23. The number of para-hydroxylation sites is 2. The molecule has 3 amide bonds. The van der Waals surface area contributed by atoms with E-state index in [1.807, 2.05) is 0 Å². The number of rotatable bonds is 5. The van der Waals surface area contributed by atoms with Gasteiger partial charge in [-0.2, -0.15) is 11.8 Å². The maximum Gasteiger partial charge on any atom is 0.336 e. The van der Waals surface area contributed by atoms with Crippen LogP contribution in [0.2, 0.25) is 0 Å². The van der Waals surface area contributed by atoms with Gasteiger partial charge in [-0.05, 0) is 24.3 Å². The van der Waals surface area contributed by atoms with Crippen LogP contribution in [0.25, 0.3) is 0 Å². The second-order valence-electron chi connectivity index (χ2n) is 5.89. The number of benzene rings is 2. The predicted molar refractivity (Wildman–Crippen MR) is 109 cm³/mol. The third kappa shape index (κ3) is 4.72. The van der Waals surface area contributed by atoms with Crippen molar-refractivity contribution in [3.05, 3.63) is 71.4 Å². The lowest BCUT2D eigenvalue weighted by Gasteiger charge is -2.14. The number of nitrogens with one attached hydrogen (secondary N) is 3. The van der Waals surface area contributed by atoms with E-state index in [2.05, 4.69) is 16.0 Å². The zero-order valence-corrected chi connectivity index (χ0v) is 16.0. The summed E-state index contributed by atoms with van der Waals surface area (Å²) in [5, 5.41) is 8.15. The van der Waals surface area contributed by atoms with Crippen molar-refractivity contribution in [3.63, 3.8) is 0 Å². The molecule has 3 rings (SSSR count). The summed E-state index contributed by atoms with van der Waals surface area (Å²) in [5.74, 6) is 0.337. The van der Waals surface area contributed by atoms with Gasteiger partial charge >= 0.3 is 12.0 Å². The van der Waals surface area contributed by atoms with Gasteiger partial charge in [0.25, 0.3) is 5.91 Å².